The highest BCUT2D eigenvalue weighted by atomic mass is 35.5. The van der Waals surface area contributed by atoms with Crippen molar-refractivity contribution in [2.45, 2.75) is 44.0 Å². The Hall–Kier alpha value is -2.62. The summed E-state index contributed by atoms with van der Waals surface area (Å²) in [4.78, 5) is 27.1. The van der Waals surface area contributed by atoms with Crippen LogP contribution in [0.5, 0.6) is 0 Å². The molecular formula is C23H28ClN3O5S. The monoisotopic (exact) mass is 493 g/mol. The normalized spacial score (nSPS) is 14.3. The van der Waals surface area contributed by atoms with E-state index >= 15 is 0 Å². The summed E-state index contributed by atoms with van der Waals surface area (Å²) in [6, 6.07) is 9.06. The van der Waals surface area contributed by atoms with Crippen molar-refractivity contribution in [2.75, 3.05) is 30.4 Å². The third-order valence-corrected chi connectivity index (χ3v) is 7.28. The van der Waals surface area contributed by atoms with E-state index in [0.717, 1.165) is 31.6 Å². The first-order chi connectivity index (χ1) is 15.4. The number of amides is 1. The maximum Gasteiger partial charge on any atom is 0.337 e. The molecule has 0 saturated carbocycles. The molecule has 0 bridgehead atoms. The van der Waals surface area contributed by atoms with E-state index in [2.05, 4.69) is 14.9 Å². The zero-order valence-corrected chi connectivity index (χ0v) is 20.6. The predicted octanol–water partition coefficient (Wildman–Crippen LogP) is 4.06. The third kappa shape index (κ3) is 6.04. The number of hydrogen-bond acceptors (Lipinski definition) is 6. The molecule has 1 fully saturated rings. The molecule has 8 nitrogen and oxygen atoms in total. The van der Waals surface area contributed by atoms with Crippen molar-refractivity contribution >= 4 is 44.9 Å². The fraction of sp³-hybridized carbons (Fsp3) is 0.391. The second kappa shape index (κ2) is 9.70. The molecule has 0 aromatic heterocycles. The van der Waals surface area contributed by atoms with Crippen LogP contribution in [0.2, 0.25) is 5.02 Å². The number of methoxy groups -OCH3 is 1. The summed E-state index contributed by atoms with van der Waals surface area (Å²) in [5.74, 6) is -1.05. The van der Waals surface area contributed by atoms with E-state index in [4.69, 9.17) is 16.3 Å². The molecule has 33 heavy (non-hydrogen) atoms. The largest absolute Gasteiger partial charge is 0.465 e. The van der Waals surface area contributed by atoms with Gasteiger partial charge in [0.2, 0.25) is 10.0 Å². The van der Waals surface area contributed by atoms with Crippen LogP contribution in [0.15, 0.2) is 41.3 Å². The van der Waals surface area contributed by atoms with Gasteiger partial charge in [0.25, 0.3) is 5.91 Å². The lowest BCUT2D eigenvalue weighted by molar-refractivity contribution is 0.0600. The minimum Gasteiger partial charge on any atom is -0.465 e. The lowest BCUT2D eigenvalue weighted by Gasteiger charge is -2.22. The molecule has 1 aliphatic rings. The Balaban J connectivity index is 1.96. The lowest BCUT2D eigenvalue weighted by atomic mass is 10.1. The summed E-state index contributed by atoms with van der Waals surface area (Å²) < 4.78 is 32.9. The summed E-state index contributed by atoms with van der Waals surface area (Å²) in [7, 11) is -2.66. The van der Waals surface area contributed by atoms with Gasteiger partial charge < -0.3 is 15.0 Å². The number of halogens is 1. The van der Waals surface area contributed by atoms with Gasteiger partial charge in [-0.1, -0.05) is 11.6 Å². The maximum absolute atomic E-state index is 13.1. The number of carbonyl (C=O) groups is 2. The van der Waals surface area contributed by atoms with Crippen LogP contribution in [0, 0.1) is 0 Å². The topological polar surface area (TPSA) is 105 Å². The van der Waals surface area contributed by atoms with Crippen LogP contribution in [0.4, 0.5) is 11.4 Å². The van der Waals surface area contributed by atoms with Gasteiger partial charge >= 0.3 is 5.97 Å². The van der Waals surface area contributed by atoms with Gasteiger partial charge in [0.05, 0.1) is 29.1 Å². The molecule has 178 valence electrons. The molecule has 3 rings (SSSR count). The van der Waals surface area contributed by atoms with Crippen molar-refractivity contribution in [3.05, 3.63) is 52.5 Å². The molecule has 2 aromatic carbocycles. The number of anilines is 2. The summed E-state index contributed by atoms with van der Waals surface area (Å²) in [6.45, 7) is 6.81. The van der Waals surface area contributed by atoms with E-state index < -0.39 is 27.4 Å². The van der Waals surface area contributed by atoms with E-state index in [1.807, 2.05) is 0 Å². The number of nitrogens with one attached hydrogen (secondary N) is 2. The van der Waals surface area contributed by atoms with Gasteiger partial charge in [0.1, 0.15) is 4.90 Å². The van der Waals surface area contributed by atoms with E-state index in [1.165, 1.54) is 25.3 Å². The van der Waals surface area contributed by atoms with Gasteiger partial charge in [-0.3, -0.25) is 4.79 Å². The Morgan fingerprint density at radius 1 is 1.03 bits per heavy atom. The van der Waals surface area contributed by atoms with Crippen molar-refractivity contribution in [1.29, 1.82) is 0 Å². The van der Waals surface area contributed by atoms with Crippen molar-refractivity contribution in [1.82, 2.24) is 4.72 Å². The molecule has 0 unspecified atom stereocenters. The zero-order valence-electron chi connectivity index (χ0n) is 19.1. The van der Waals surface area contributed by atoms with Crippen molar-refractivity contribution in [2.24, 2.45) is 0 Å². The minimum atomic E-state index is -3.95. The van der Waals surface area contributed by atoms with Crippen LogP contribution in [0.3, 0.4) is 0 Å². The fourth-order valence-corrected chi connectivity index (χ4v) is 5.56. The summed E-state index contributed by atoms with van der Waals surface area (Å²) in [6.07, 6.45) is 2.07. The molecule has 1 amide bonds. The van der Waals surface area contributed by atoms with E-state index in [9.17, 15) is 18.0 Å². The van der Waals surface area contributed by atoms with Gasteiger partial charge in [-0.2, -0.15) is 0 Å². The summed E-state index contributed by atoms with van der Waals surface area (Å²) in [5, 5.41) is 2.83. The standard InChI is InChI=1S/C23H28ClN3O5S/c1-23(2,3)26-33(30,31)20-14-15(7-9-17(20)24)21(28)25-18-13-16(22(29)32-4)8-10-19(18)27-11-5-6-12-27/h7-10,13-14,26H,5-6,11-12H2,1-4H3,(H,25,28). The molecule has 1 heterocycles. The van der Waals surface area contributed by atoms with Crippen LogP contribution in [-0.2, 0) is 14.8 Å². The second-order valence-electron chi connectivity index (χ2n) is 8.87. The van der Waals surface area contributed by atoms with Gasteiger partial charge in [-0.15, -0.1) is 0 Å². The Bertz CT molecular complexity index is 1170. The third-order valence-electron chi connectivity index (χ3n) is 5.04. The predicted molar refractivity (Wildman–Crippen MR) is 129 cm³/mol. The SMILES string of the molecule is COC(=O)c1ccc(N2CCCC2)c(NC(=O)c2ccc(Cl)c(S(=O)(=O)NC(C)(C)C)c2)c1. The smallest absolute Gasteiger partial charge is 0.337 e. The van der Waals surface area contributed by atoms with Gasteiger partial charge in [0, 0.05) is 24.2 Å². The van der Waals surface area contributed by atoms with Gasteiger partial charge in [-0.25, -0.2) is 17.9 Å². The average molecular weight is 494 g/mol. The minimum absolute atomic E-state index is 0.00810. The first kappa shape index (κ1) is 25.0. The van der Waals surface area contributed by atoms with Gasteiger partial charge in [-0.05, 0) is 70.0 Å². The van der Waals surface area contributed by atoms with Crippen molar-refractivity contribution in [3.8, 4) is 0 Å². The number of sulfonamides is 1. The van der Waals surface area contributed by atoms with Crippen LogP contribution in [0.1, 0.15) is 54.3 Å². The number of rotatable bonds is 6. The number of carbonyl (C=O) groups excluding carboxylic acids is 2. The highest BCUT2D eigenvalue weighted by Crippen LogP contribution is 2.31. The molecule has 2 N–H and O–H groups in total. The molecule has 0 atom stereocenters. The van der Waals surface area contributed by atoms with E-state index in [1.54, 1.807) is 39.0 Å². The molecule has 0 spiro atoms. The number of benzene rings is 2. The number of ether oxygens (including phenoxy) is 1. The maximum atomic E-state index is 13.1. The zero-order chi connectivity index (χ0) is 24.4. The fourth-order valence-electron chi connectivity index (χ4n) is 3.62. The summed E-state index contributed by atoms with van der Waals surface area (Å²) >= 11 is 6.15. The Morgan fingerprint density at radius 3 is 2.27 bits per heavy atom. The highest BCUT2D eigenvalue weighted by molar-refractivity contribution is 7.89. The highest BCUT2D eigenvalue weighted by Gasteiger charge is 2.26. The van der Waals surface area contributed by atoms with Crippen molar-refractivity contribution < 1.29 is 22.7 Å². The molecule has 1 saturated heterocycles. The van der Waals surface area contributed by atoms with Crippen LogP contribution in [-0.4, -0.2) is 46.0 Å². The van der Waals surface area contributed by atoms with Crippen LogP contribution >= 0.6 is 11.6 Å². The first-order valence-corrected chi connectivity index (χ1v) is 12.4. The average Bonchev–Trinajstić information content (AvgIpc) is 3.26. The molecule has 10 heteroatoms. The quantitative estimate of drug-likeness (QED) is 0.588. The molecule has 2 aromatic rings. The molecule has 0 aliphatic carbocycles. The Morgan fingerprint density at radius 2 is 1.67 bits per heavy atom. The summed E-state index contributed by atoms with van der Waals surface area (Å²) in [5.41, 5.74) is 0.912. The molecule has 1 aliphatic heterocycles. The second-order valence-corrected chi connectivity index (χ2v) is 10.9. The lowest BCUT2D eigenvalue weighted by Crippen LogP contribution is -2.40. The number of nitrogens with zero attached hydrogens (tertiary/aromatic N) is 1. The first-order valence-electron chi connectivity index (χ1n) is 10.5. The van der Waals surface area contributed by atoms with E-state index in [-0.39, 0.29) is 15.5 Å². The number of esters is 1. The number of hydrogen-bond donors (Lipinski definition) is 2. The van der Waals surface area contributed by atoms with Crippen LogP contribution < -0.4 is 14.9 Å². The van der Waals surface area contributed by atoms with Gasteiger partial charge in [0.15, 0.2) is 0 Å². The van der Waals surface area contributed by atoms with Crippen molar-refractivity contribution in [3.63, 3.8) is 0 Å². The van der Waals surface area contributed by atoms with Crippen LogP contribution in [0.25, 0.3) is 0 Å². The Labute approximate surface area is 199 Å². The molecular weight excluding hydrogens is 466 g/mol. The van der Waals surface area contributed by atoms with E-state index in [0.29, 0.717) is 11.3 Å². The Kier molecular flexibility index (Phi) is 7.36. The molecule has 0 radical (unpaired) electrons.